The zero-order valence-corrected chi connectivity index (χ0v) is 10.0. The van der Waals surface area contributed by atoms with E-state index in [1.165, 1.54) is 6.92 Å². The molecule has 0 aliphatic rings. The second kappa shape index (κ2) is 4.05. The number of amides is 1. The average Bonchev–Trinajstić information content (AvgIpc) is 2.19. The van der Waals surface area contributed by atoms with Crippen molar-refractivity contribution in [1.29, 1.82) is 0 Å². The summed E-state index contributed by atoms with van der Waals surface area (Å²) >= 11 is 0. The molecule has 0 saturated heterocycles. The first-order chi connectivity index (χ1) is 7.97. The number of fused-ring (bicyclic) bond motifs is 1. The number of hydrogen-bond donors (Lipinski definition) is 2. The van der Waals surface area contributed by atoms with Crippen LogP contribution in [0, 0.1) is 13.8 Å². The molecule has 2 rings (SSSR count). The molecule has 17 heavy (non-hydrogen) atoms. The van der Waals surface area contributed by atoms with Gasteiger partial charge < -0.3 is 10.3 Å². The Labute approximate surface area is 98.7 Å². The smallest absolute Gasteiger partial charge is 0.248 e. The summed E-state index contributed by atoms with van der Waals surface area (Å²) in [7, 11) is 0. The number of aryl methyl sites for hydroxylation is 2. The van der Waals surface area contributed by atoms with Gasteiger partial charge >= 0.3 is 0 Å². The van der Waals surface area contributed by atoms with E-state index in [0.29, 0.717) is 0 Å². The van der Waals surface area contributed by atoms with Crippen molar-refractivity contribution in [3.63, 3.8) is 0 Å². The number of pyridine rings is 1. The summed E-state index contributed by atoms with van der Waals surface area (Å²) in [5.41, 5.74) is 3.30. The molecule has 4 nitrogen and oxygen atoms in total. The monoisotopic (exact) mass is 230 g/mol. The van der Waals surface area contributed by atoms with Crippen molar-refractivity contribution in [3.05, 3.63) is 39.7 Å². The summed E-state index contributed by atoms with van der Waals surface area (Å²) in [6, 6.07) is 5.27. The molecule has 0 spiro atoms. The molecule has 0 radical (unpaired) electrons. The molecule has 88 valence electrons. The molecule has 1 amide bonds. The molecular formula is C13H14N2O2. The third-order valence-corrected chi connectivity index (χ3v) is 2.68. The first kappa shape index (κ1) is 11.4. The highest BCUT2D eigenvalue weighted by molar-refractivity contribution is 5.94. The van der Waals surface area contributed by atoms with Crippen molar-refractivity contribution in [2.45, 2.75) is 20.8 Å². The van der Waals surface area contributed by atoms with Crippen LogP contribution >= 0.6 is 0 Å². The third kappa shape index (κ3) is 2.20. The maximum Gasteiger partial charge on any atom is 0.248 e. The van der Waals surface area contributed by atoms with E-state index in [4.69, 9.17) is 0 Å². The largest absolute Gasteiger partial charge is 0.326 e. The van der Waals surface area contributed by atoms with Crippen LogP contribution in [0.15, 0.2) is 23.0 Å². The Balaban J connectivity index is 2.73. The number of nitrogens with one attached hydrogen (secondary N) is 2. The molecular weight excluding hydrogens is 216 g/mol. The maximum atomic E-state index is 11.4. The average molecular weight is 230 g/mol. The van der Waals surface area contributed by atoms with Crippen LogP contribution in [0.4, 0.5) is 5.69 Å². The van der Waals surface area contributed by atoms with Gasteiger partial charge in [-0.2, -0.15) is 0 Å². The number of H-pyrrole nitrogens is 1. The first-order valence-corrected chi connectivity index (χ1v) is 5.39. The lowest BCUT2D eigenvalue weighted by atomic mass is 10.1. The van der Waals surface area contributed by atoms with E-state index in [0.717, 1.165) is 27.7 Å². The lowest BCUT2D eigenvalue weighted by Gasteiger charge is -2.09. The minimum absolute atomic E-state index is 0.106. The highest BCUT2D eigenvalue weighted by Gasteiger charge is 2.05. The topological polar surface area (TPSA) is 62.0 Å². The van der Waals surface area contributed by atoms with Gasteiger partial charge in [-0.05, 0) is 37.1 Å². The molecule has 1 aromatic carbocycles. The van der Waals surface area contributed by atoms with Crippen LogP contribution in [0.1, 0.15) is 18.1 Å². The van der Waals surface area contributed by atoms with Crippen LogP contribution in [0.3, 0.4) is 0 Å². The molecule has 0 aliphatic heterocycles. The predicted molar refractivity (Wildman–Crippen MR) is 68.3 cm³/mol. The Hall–Kier alpha value is -2.10. The van der Waals surface area contributed by atoms with Gasteiger partial charge in [0.25, 0.3) is 0 Å². The zero-order valence-electron chi connectivity index (χ0n) is 10.0. The van der Waals surface area contributed by atoms with Crippen molar-refractivity contribution in [2.24, 2.45) is 0 Å². The third-order valence-electron chi connectivity index (χ3n) is 2.68. The van der Waals surface area contributed by atoms with Crippen LogP contribution in [-0.4, -0.2) is 10.9 Å². The summed E-state index contributed by atoms with van der Waals surface area (Å²) in [6.45, 7) is 5.26. The minimum atomic E-state index is -0.106. The fraction of sp³-hybridized carbons (Fsp3) is 0.231. The summed E-state index contributed by atoms with van der Waals surface area (Å²) in [4.78, 5) is 25.2. The summed E-state index contributed by atoms with van der Waals surface area (Å²) in [6.07, 6.45) is 0. The Morgan fingerprint density at radius 3 is 2.53 bits per heavy atom. The van der Waals surface area contributed by atoms with Gasteiger partial charge in [0.2, 0.25) is 11.5 Å². The standard InChI is InChI=1S/C13H14N2O2/c1-7-5-12(17)15-13-8(2)4-10(6-11(7)13)14-9(3)16/h4-6H,1-3H3,(H,14,16)(H,15,17). The minimum Gasteiger partial charge on any atom is -0.326 e. The van der Waals surface area contributed by atoms with Crippen LogP contribution in [0.2, 0.25) is 0 Å². The maximum absolute atomic E-state index is 11.4. The van der Waals surface area contributed by atoms with E-state index in [-0.39, 0.29) is 11.5 Å². The molecule has 0 unspecified atom stereocenters. The first-order valence-electron chi connectivity index (χ1n) is 5.39. The molecule has 4 heteroatoms. The van der Waals surface area contributed by atoms with Crippen LogP contribution in [0.25, 0.3) is 10.9 Å². The van der Waals surface area contributed by atoms with E-state index in [9.17, 15) is 9.59 Å². The van der Waals surface area contributed by atoms with Crippen molar-refractivity contribution in [2.75, 3.05) is 5.32 Å². The Bertz CT molecular complexity index is 656. The van der Waals surface area contributed by atoms with Gasteiger partial charge in [0.05, 0.1) is 5.52 Å². The Morgan fingerprint density at radius 2 is 1.88 bits per heavy atom. The molecule has 1 aromatic heterocycles. The highest BCUT2D eigenvalue weighted by atomic mass is 16.1. The van der Waals surface area contributed by atoms with Crippen LogP contribution in [0.5, 0.6) is 0 Å². The number of aromatic amines is 1. The number of benzene rings is 1. The second-order valence-electron chi connectivity index (χ2n) is 4.21. The number of rotatable bonds is 1. The molecule has 0 aliphatic carbocycles. The van der Waals surface area contributed by atoms with Crippen molar-refractivity contribution in [1.82, 2.24) is 4.98 Å². The summed E-state index contributed by atoms with van der Waals surface area (Å²) in [5, 5.41) is 3.70. The van der Waals surface area contributed by atoms with Crippen molar-refractivity contribution in [3.8, 4) is 0 Å². The van der Waals surface area contributed by atoms with Gasteiger partial charge in [-0.25, -0.2) is 0 Å². The van der Waals surface area contributed by atoms with E-state index < -0.39 is 0 Å². The van der Waals surface area contributed by atoms with Crippen LogP contribution in [-0.2, 0) is 4.79 Å². The Kier molecular flexibility index (Phi) is 2.71. The number of hydrogen-bond acceptors (Lipinski definition) is 2. The molecule has 0 bridgehead atoms. The molecule has 1 heterocycles. The van der Waals surface area contributed by atoms with E-state index >= 15 is 0 Å². The molecule has 2 aromatic rings. The molecule has 2 N–H and O–H groups in total. The zero-order chi connectivity index (χ0) is 12.6. The fourth-order valence-corrected chi connectivity index (χ4v) is 1.97. The normalized spacial score (nSPS) is 10.5. The number of anilines is 1. The number of carbonyl (C=O) groups excluding carboxylic acids is 1. The number of aromatic nitrogens is 1. The van der Waals surface area contributed by atoms with E-state index in [2.05, 4.69) is 10.3 Å². The van der Waals surface area contributed by atoms with E-state index in [1.54, 1.807) is 6.07 Å². The lowest BCUT2D eigenvalue weighted by molar-refractivity contribution is -0.114. The van der Waals surface area contributed by atoms with Crippen molar-refractivity contribution < 1.29 is 4.79 Å². The van der Waals surface area contributed by atoms with E-state index in [1.807, 2.05) is 26.0 Å². The molecule has 0 saturated carbocycles. The van der Waals surface area contributed by atoms with Crippen LogP contribution < -0.4 is 10.9 Å². The van der Waals surface area contributed by atoms with Gasteiger partial charge in [0.15, 0.2) is 0 Å². The molecule has 0 atom stereocenters. The van der Waals surface area contributed by atoms with Gasteiger partial charge in [0.1, 0.15) is 0 Å². The van der Waals surface area contributed by atoms with Crippen molar-refractivity contribution >= 4 is 22.5 Å². The quantitative estimate of drug-likeness (QED) is 0.788. The number of carbonyl (C=O) groups is 1. The summed E-state index contributed by atoms with van der Waals surface area (Å²) < 4.78 is 0. The molecule has 0 fully saturated rings. The summed E-state index contributed by atoms with van der Waals surface area (Å²) in [5.74, 6) is -0.106. The van der Waals surface area contributed by atoms with Gasteiger partial charge in [0, 0.05) is 24.1 Å². The van der Waals surface area contributed by atoms with Gasteiger partial charge in [-0.15, -0.1) is 0 Å². The lowest BCUT2D eigenvalue weighted by Crippen LogP contribution is -2.08. The van der Waals surface area contributed by atoms with Gasteiger partial charge in [-0.3, -0.25) is 9.59 Å². The Morgan fingerprint density at radius 1 is 1.18 bits per heavy atom. The SMILES string of the molecule is CC(=O)Nc1cc(C)c2[nH]c(=O)cc(C)c2c1. The fourth-order valence-electron chi connectivity index (χ4n) is 1.97. The second-order valence-corrected chi connectivity index (χ2v) is 4.21. The van der Waals surface area contributed by atoms with Gasteiger partial charge in [-0.1, -0.05) is 0 Å². The highest BCUT2D eigenvalue weighted by Crippen LogP contribution is 2.23. The predicted octanol–water partition coefficient (Wildman–Crippen LogP) is 2.10.